The second-order valence-corrected chi connectivity index (χ2v) is 3.70. The monoisotopic (exact) mass is 246 g/mol. The second kappa shape index (κ2) is 5.67. The fraction of sp³-hybridized carbons (Fsp3) is 0.300. The predicted octanol–water partition coefficient (Wildman–Crippen LogP) is 1.45. The Balaban J connectivity index is 2.51. The number of ether oxygens (including phenoxy) is 1. The molecule has 0 bridgehead atoms. The van der Waals surface area contributed by atoms with Crippen LogP contribution in [-0.2, 0) is 4.79 Å². The Bertz CT molecular complexity index is 385. The van der Waals surface area contributed by atoms with Gasteiger partial charge in [0, 0.05) is 14.1 Å². The maximum absolute atomic E-state index is 12.7. The van der Waals surface area contributed by atoms with Gasteiger partial charge in [-0.3, -0.25) is 10.2 Å². The number of hydrazine groups is 1. The molecule has 1 aromatic rings. The summed E-state index contributed by atoms with van der Waals surface area (Å²) in [5, 5.41) is 1.63. The molecular formula is C10H12ClFN2O2. The van der Waals surface area contributed by atoms with Gasteiger partial charge in [-0.1, -0.05) is 11.6 Å². The highest BCUT2D eigenvalue weighted by Crippen LogP contribution is 2.24. The van der Waals surface area contributed by atoms with E-state index in [4.69, 9.17) is 16.3 Å². The number of benzene rings is 1. The zero-order valence-corrected chi connectivity index (χ0v) is 9.71. The van der Waals surface area contributed by atoms with Crippen LogP contribution in [0.5, 0.6) is 5.75 Å². The van der Waals surface area contributed by atoms with Crippen molar-refractivity contribution in [2.45, 2.75) is 0 Å². The predicted molar refractivity (Wildman–Crippen MR) is 58.7 cm³/mol. The van der Waals surface area contributed by atoms with E-state index in [0.29, 0.717) is 0 Å². The van der Waals surface area contributed by atoms with Crippen LogP contribution >= 0.6 is 11.6 Å². The van der Waals surface area contributed by atoms with E-state index in [1.165, 1.54) is 17.1 Å². The number of carbonyl (C=O) groups is 1. The second-order valence-electron chi connectivity index (χ2n) is 3.29. The molecule has 0 spiro atoms. The number of halogens is 2. The Morgan fingerprint density at radius 1 is 1.56 bits per heavy atom. The number of hydrogen-bond donors (Lipinski definition) is 1. The van der Waals surface area contributed by atoms with Gasteiger partial charge >= 0.3 is 0 Å². The summed E-state index contributed by atoms with van der Waals surface area (Å²) in [5.41, 5.74) is 2.50. The van der Waals surface area contributed by atoms with Crippen LogP contribution in [0, 0.1) is 5.82 Å². The van der Waals surface area contributed by atoms with Crippen LogP contribution in [0.2, 0.25) is 5.02 Å². The van der Waals surface area contributed by atoms with E-state index in [9.17, 15) is 9.18 Å². The van der Waals surface area contributed by atoms with Crippen molar-refractivity contribution in [3.05, 3.63) is 29.0 Å². The molecule has 16 heavy (non-hydrogen) atoms. The number of nitrogens with one attached hydrogen (secondary N) is 1. The minimum absolute atomic E-state index is 0.137. The quantitative estimate of drug-likeness (QED) is 0.818. The lowest BCUT2D eigenvalue weighted by molar-refractivity contribution is -0.126. The summed E-state index contributed by atoms with van der Waals surface area (Å²) in [7, 11) is 3.37. The van der Waals surface area contributed by atoms with Gasteiger partial charge in [0.2, 0.25) is 0 Å². The number of hydrogen-bond acceptors (Lipinski definition) is 3. The van der Waals surface area contributed by atoms with Crippen molar-refractivity contribution >= 4 is 17.5 Å². The lowest BCUT2D eigenvalue weighted by Crippen LogP contribution is -2.39. The average molecular weight is 247 g/mol. The summed E-state index contributed by atoms with van der Waals surface area (Å²) in [5.74, 6) is -0.488. The first-order valence-corrected chi connectivity index (χ1v) is 4.91. The third-order valence-corrected chi connectivity index (χ3v) is 1.90. The zero-order chi connectivity index (χ0) is 12.1. The molecule has 1 aromatic carbocycles. The summed E-state index contributed by atoms with van der Waals surface area (Å²) in [4.78, 5) is 11.2. The van der Waals surface area contributed by atoms with Crippen LogP contribution in [0.15, 0.2) is 18.2 Å². The molecule has 1 amide bonds. The largest absolute Gasteiger partial charge is 0.482 e. The Morgan fingerprint density at radius 3 is 2.81 bits per heavy atom. The SMILES string of the molecule is CN(C)NC(=O)COc1ccc(F)cc1Cl. The highest BCUT2D eigenvalue weighted by atomic mass is 35.5. The van der Waals surface area contributed by atoms with Gasteiger partial charge in [0.1, 0.15) is 11.6 Å². The third kappa shape index (κ3) is 4.04. The smallest absolute Gasteiger partial charge is 0.272 e. The van der Waals surface area contributed by atoms with Crippen LogP contribution in [-0.4, -0.2) is 31.6 Å². The number of rotatable bonds is 4. The minimum atomic E-state index is -0.449. The summed E-state index contributed by atoms with van der Waals surface area (Å²) in [6, 6.07) is 3.71. The van der Waals surface area contributed by atoms with E-state index in [2.05, 4.69) is 5.43 Å². The minimum Gasteiger partial charge on any atom is -0.482 e. The fourth-order valence-electron chi connectivity index (χ4n) is 1.02. The van der Waals surface area contributed by atoms with Crippen LogP contribution in [0.1, 0.15) is 0 Å². The van der Waals surface area contributed by atoms with E-state index in [1.54, 1.807) is 14.1 Å². The van der Waals surface area contributed by atoms with Crippen molar-refractivity contribution < 1.29 is 13.9 Å². The lowest BCUT2D eigenvalue weighted by atomic mass is 10.3. The molecule has 0 saturated carbocycles. The molecule has 88 valence electrons. The van der Waals surface area contributed by atoms with Gasteiger partial charge in [-0.15, -0.1) is 0 Å². The van der Waals surface area contributed by atoms with Gasteiger partial charge in [-0.05, 0) is 18.2 Å². The molecule has 0 atom stereocenters. The van der Waals surface area contributed by atoms with Crippen molar-refractivity contribution in [3.8, 4) is 5.75 Å². The molecule has 0 aliphatic carbocycles. The van der Waals surface area contributed by atoms with E-state index in [0.717, 1.165) is 6.07 Å². The molecule has 0 aliphatic rings. The normalized spacial score (nSPS) is 10.3. The van der Waals surface area contributed by atoms with Crippen LogP contribution in [0.3, 0.4) is 0 Å². The van der Waals surface area contributed by atoms with Crippen LogP contribution < -0.4 is 10.2 Å². The van der Waals surface area contributed by atoms with Crippen molar-refractivity contribution in [1.29, 1.82) is 0 Å². The Kier molecular flexibility index (Phi) is 4.52. The maximum Gasteiger partial charge on any atom is 0.272 e. The Hall–Kier alpha value is -1.33. The molecular weight excluding hydrogens is 235 g/mol. The van der Waals surface area contributed by atoms with Crippen molar-refractivity contribution in [1.82, 2.24) is 10.4 Å². The van der Waals surface area contributed by atoms with E-state index in [-0.39, 0.29) is 23.3 Å². The number of amides is 1. The zero-order valence-electron chi connectivity index (χ0n) is 8.96. The molecule has 0 aliphatic heterocycles. The van der Waals surface area contributed by atoms with Gasteiger partial charge in [-0.25, -0.2) is 9.40 Å². The van der Waals surface area contributed by atoms with Gasteiger partial charge in [-0.2, -0.15) is 0 Å². The summed E-state index contributed by atoms with van der Waals surface area (Å²) in [6.45, 7) is -0.177. The average Bonchev–Trinajstić information content (AvgIpc) is 2.15. The first-order chi connectivity index (χ1) is 7.49. The van der Waals surface area contributed by atoms with Gasteiger partial charge < -0.3 is 4.74 Å². The summed E-state index contributed by atoms with van der Waals surface area (Å²) >= 11 is 5.71. The molecule has 1 N–H and O–H groups in total. The molecule has 0 saturated heterocycles. The molecule has 6 heteroatoms. The highest BCUT2D eigenvalue weighted by Gasteiger charge is 2.06. The number of carbonyl (C=O) groups excluding carboxylic acids is 1. The Labute approximate surface area is 97.9 Å². The topological polar surface area (TPSA) is 41.6 Å². The molecule has 1 rings (SSSR count). The van der Waals surface area contributed by atoms with Crippen LogP contribution in [0.4, 0.5) is 4.39 Å². The van der Waals surface area contributed by atoms with E-state index in [1.807, 2.05) is 0 Å². The molecule has 0 radical (unpaired) electrons. The molecule has 0 heterocycles. The molecule has 0 aromatic heterocycles. The Morgan fingerprint density at radius 2 is 2.25 bits per heavy atom. The summed E-state index contributed by atoms with van der Waals surface area (Å²) < 4.78 is 17.8. The third-order valence-electron chi connectivity index (χ3n) is 1.60. The standard InChI is InChI=1S/C10H12ClFN2O2/c1-14(2)13-10(15)6-16-9-4-3-7(12)5-8(9)11/h3-5H,6H2,1-2H3,(H,13,15). The first kappa shape index (κ1) is 12.7. The van der Waals surface area contributed by atoms with Crippen molar-refractivity contribution in [2.24, 2.45) is 0 Å². The fourth-order valence-corrected chi connectivity index (χ4v) is 1.24. The van der Waals surface area contributed by atoms with Crippen molar-refractivity contribution in [3.63, 3.8) is 0 Å². The van der Waals surface area contributed by atoms with Gasteiger partial charge in [0.05, 0.1) is 5.02 Å². The maximum atomic E-state index is 12.7. The lowest BCUT2D eigenvalue weighted by Gasteiger charge is -2.12. The van der Waals surface area contributed by atoms with Gasteiger partial charge in [0.15, 0.2) is 6.61 Å². The first-order valence-electron chi connectivity index (χ1n) is 4.53. The van der Waals surface area contributed by atoms with E-state index < -0.39 is 5.82 Å². The van der Waals surface area contributed by atoms with Crippen LogP contribution in [0.25, 0.3) is 0 Å². The summed E-state index contributed by atoms with van der Waals surface area (Å²) in [6.07, 6.45) is 0. The highest BCUT2D eigenvalue weighted by molar-refractivity contribution is 6.32. The number of nitrogens with zero attached hydrogens (tertiary/aromatic N) is 1. The van der Waals surface area contributed by atoms with E-state index >= 15 is 0 Å². The van der Waals surface area contributed by atoms with Gasteiger partial charge in [0.25, 0.3) is 5.91 Å². The molecule has 4 nitrogen and oxygen atoms in total. The van der Waals surface area contributed by atoms with Crippen molar-refractivity contribution in [2.75, 3.05) is 20.7 Å². The molecule has 0 fully saturated rings. The molecule has 0 unspecified atom stereocenters.